The van der Waals surface area contributed by atoms with Crippen molar-refractivity contribution in [3.8, 4) is 11.3 Å². The lowest BCUT2D eigenvalue weighted by molar-refractivity contribution is -0.137. The first-order valence-electron chi connectivity index (χ1n) is 5.46. The minimum Gasteiger partial charge on any atom is -0.353 e. The van der Waals surface area contributed by atoms with E-state index in [1.54, 1.807) is 0 Å². The van der Waals surface area contributed by atoms with Gasteiger partial charge < -0.3 is 9.84 Å². The molecule has 0 unspecified atom stereocenters. The van der Waals surface area contributed by atoms with Crippen molar-refractivity contribution in [3.63, 3.8) is 0 Å². The molecule has 1 aromatic carbocycles. The van der Waals surface area contributed by atoms with Crippen molar-refractivity contribution in [2.45, 2.75) is 12.6 Å². The van der Waals surface area contributed by atoms with Crippen LogP contribution in [0.1, 0.15) is 11.1 Å². The van der Waals surface area contributed by atoms with Crippen LogP contribution in [0.2, 0.25) is 0 Å². The number of hydrogen-bond donors (Lipinski definition) is 1. The summed E-state index contributed by atoms with van der Waals surface area (Å²) in [5.74, 6) is 0.616. The smallest absolute Gasteiger partial charge is 0.353 e. The van der Waals surface area contributed by atoms with E-state index in [0.717, 1.165) is 30.7 Å². The highest BCUT2D eigenvalue weighted by atomic mass is 19.4. The standard InChI is InChI=1S/C12H9F3N2O/c13-12(14,15)8-3-1-7(2-4-8)10-9-5-6-16-11(9)18-17-10/h1-4,16H,5-6H2. The molecule has 1 N–H and O–H groups in total. The third kappa shape index (κ3) is 1.73. The monoisotopic (exact) mass is 254 g/mol. The Morgan fingerprint density at radius 1 is 1.17 bits per heavy atom. The van der Waals surface area contributed by atoms with Gasteiger partial charge in [0.2, 0.25) is 5.88 Å². The molecule has 1 aromatic heterocycles. The number of nitrogens with zero attached hydrogens (tertiary/aromatic N) is 1. The molecule has 0 saturated carbocycles. The van der Waals surface area contributed by atoms with Gasteiger partial charge in [0.1, 0.15) is 5.69 Å². The number of aromatic nitrogens is 1. The molecule has 18 heavy (non-hydrogen) atoms. The summed E-state index contributed by atoms with van der Waals surface area (Å²) in [5.41, 5.74) is 1.51. The third-order valence-electron chi connectivity index (χ3n) is 2.93. The number of benzene rings is 1. The van der Waals surface area contributed by atoms with Crippen LogP contribution >= 0.6 is 0 Å². The van der Waals surface area contributed by atoms with Gasteiger partial charge in [-0.25, -0.2) is 0 Å². The molecule has 1 aliphatic rings. The Hall–Kier alpha value is -1.98. The van der Waals surface area contributed by atoms with Crippen LogP contribution in [0.3, 0.4) is 0 Å². The molecular formula is C12H9F3N2O. The van der Waals surface area contributed by atoms with Crippen LogP contribution in [0.4, 0.5) is 19.1 Å². The van der Waals surface area contributed by atoms with Crippen LogP contribution in [0.15, 0.2) is 28.8 Å². The summed E-state index contributed by atoms with van der Waals surface area (Å²) in [6.07, 6.45) is -3.54. The zero-order valence-corrected chi connectivity index (χ0v) is 9.21. The van der Waals surface area contributed by atoms with Gasteiger partial charge in [-0.15, -0.1) is 0 Å². The summed E-state index contributed by atoms with van der Waals surface area (Å²) in [6, 6.07) is 4.94. The van der Waals surface area contributed by atoms with Crippen molar-refractivity contribution in [1.29, 1.82) is 0 Å². The Bertz CT molecular complexity index is 572. The highest BCUT2D eigenvalue weighted by Gasteiger charge is 2.30. The Balaban J connectivity index is 1.98. The number of rotatable bonds is 1. The fourth-order valence-electron chi connectivity index (χ4n) is 2.02. The van der Waals surface area contributed by atoms with Gasteiger partial charge in [0.15, 0.2) is 0 Å². The fourth-order valence-corrected chi connectivity index (χ4v) is 2.02. The van der Waals surface area contributed by atoms with E-state index in [2.05, 4.69) is 10.5 Å². The number of fused-ring (bicyclic) bond motifs is 1. The summed E-state index contributed by atoms with van der Waals surface area (Å²) in [5, 5.41) is 6.90. The molecule has 0 amide bonds. The van der Waals surface area contributed by atoms with Gasteiger partial charge in [-0.3, -0.25) is 0 Å². The molecule has 0 spiro atoms. The van der Waals surface area contributed by atoms with Gasteiger partial charge in [0, 0.05) is 17.7 Å². The van der Waals surface area contributed by atoms with Gasteiger partial charge in [-0.05, 0) is 18.6 Å². The number of alkyl halides is 3. The average molecular weight is 254 g/mol. The van der Waals surface area contributed by atoms with Crippen LogP contribution in [-0.4, -0.2) is 11.7 Å². The molecule has 0 radical (unpaired) electrons. The predicted molar refractivity (Wildman–Crippen MR) is 59.1 cm³/mol. The maximum atomic E-state index is 12.4. The van der Waals surface area contributed by atoms with E-state index in [9.17, 15) is 13.2 Å². The van der Waals surface area contributed by atoms with Gasteiger partial charge in [-0.2, -0.15) is 13.2 Å². The second kappa shape index (κ2) is 3.76. The Morgan fingerprint density at radius 2 is 1.89 bits per heavy atom. The highest BCUT2D eigenvalue weighted by Crippen LogP contribution is 2.34. The SMILES string of the molecule is FC(F)(F)c1ccc(-c2noc3c2CCN3)cc1. The summed E-state index contributed by atoms with van der Waals surface area (Å²) < 4.78 is 42.4. The Labute approximate surface area is 101 Å². The van der Waals surface area contributed by atoms with Crippen LogP contribution < -0.4 is 5.32 Å². The zero-order valence-electron chi connectivity index (χ0n) is 9.21. The van der Waals surface area contributed by atoms with E-state index in [4.69, 9.17) is 4.52 Å². The number of nitrogens with one attached hydrogen (secondary N) is 1. The second-order valence-electron chi connectivity index (χ2n) is 4.09. The topological polar surface area (TPSA) is 38.1 Å². The third-order valence-corrected chi connectivity index (χ3v) is 2.93. The van der Waals surface area contributed by atoms with Gasteiger partial charge in [0.05, 0.1) is 5.56 Å². The first-order valence-corrected chi connectivity index (χ1v) is 5.46. The van der Waals surface area contributed by atoms with E-state index in [0.29, 0.717) is 17.1 Å². The molecule has 0 saturated heterocycles. The normalized spacial score (nSPS) is 14.4. The minimum absolute atomic E-state index is 0.615. The van der Waals surface area contributed by atoms with Gasteiger partial charge >= 0.3 is 6.18 Å². The van der Waals surface area contributed by atoms with Crippen LogP contribution in [0.25, 0.3) is 11.3 Å². The molecule has 0 atom stereocenters. The second-order valence-corrected chi connectivity index (χ2v) is 4.09. The van der Waals surface area contributed by atoms with Gasteiger partial charge in [-0.1, -0.05) is 17.3 Å². The number of hydrogen-bond acceptors (Lipinski definition) is 3. The molecule has 2 aromatic rings. The maximum Gasteiger partial charge on any atom is 0.416 e. The summed E-state index contributed by atoms with van der Waals surface area (Å²) in [4.78, 5) is 0. The van der Waals surface area contributed by atoms with Crippen molar-refractivity contribution in [2.75, 3.05) is 11.9 Å². The summed E-state index contributed by atoms with van der Waals surface area (Å²) >= 11 is 0. The average Bonchev–Trinajstić information content (AvgIpc) is 2.89. The largest absolute Gasteiger partial charge is 0.416 e. The molecular weight excluding hydrogens is 245 g/mol. The number of halogens is 3. The first-order chi connectivity index (χ1) is 8.55. The Morgan fingerprint density at radius 3 is 2.56 bits per heavy atom. The van der Waals surface area contributed by atoms with E-state index in [1.807, 2.05) is 0 Å². The number of anilines is 1. The molecule has 6 heteroatoms. The van der Waals surface area contributed by atoms with Crippen molar-refractivity contribution < 1.29 is 17.7 Å². The van der Waals surface area contributed by atoms with Crippen molar-refractivity contribution in [3.05, 3.63) is 35.4 Å². The summed E-state index contributed by atoms with van der Waals surface area (Å²) in [6.45, 7) is 0.768. The molecule has 0 fully saturated rings. The molecule has 2 heterocycles. The van der Waals surface area contributed by atoms with E-state index < -0.39 is 11.7 Å². The molecule has 1 aliphatic heterocycles. The fraction of sp³-hybridized carbons (Fsp3) is 0.250. The van der Waals surface area contributed by atoms with Gasteiger partial charge in [0.25, 0.3) is 0 Å². The van der Waals surface area contributed by atoms with E-state index >= 15 is 0 Å². The highest BCUT2D eigenvalue weighted by molar-refractivity contribution is 5.69. The molecule has 3 rings (SSSR count). The summed E-state index contributed by atoms with van der Waals surface area (Å²) in [7, 11) is 0. The predicted octanol–water partition coefficient (Wildman–Crippen LogP) is 3.33. The zero-order chi connectivity index (χ0) is 12.8. The van der Waals surface area contributed by atoms with Crippen LogP contribution in [0, 0.1) is 0 Å². The van der Waals surface area contributed by atoms with E-state index in [-0.39, 0.29) is 0 Å². The van der Waals surface area contributed by atoms with Crippen LogP contribution in [0.5, 0.6) is 0 Å². The Kier molecular flexibility index (Phi) is 2.33. The quantitative estimate of drug-likeness (QED) is 0.848. The van der Waals surface area contributed by atoms with Crippen molar-refractivity contribution >= 4 is 5.88 Å². The first kappa shape index (κ1) is 11.1. The molecule has 94 valence electrons. The van der Waals surface area contributed by atoms with Crippen molar-refractivity contribution in [2.24, 2.45) is 0 Å². The van der Waals surface area contributed by atoms with E-state index in [1.165, 1.54) is 12.1 Å². The molecule has 0 bridgehead atoms. The van der Waals surface area contributed by atoms with Crippen LogP contribution in [-0.2, 0) is 12.6 Å². The lowest BCUT2D eigenvalue weighted by Crippen LogP contribution is -2.04. The molecule has 0 aliphatic carbocycles. The van der Waals surface area contributed by atoms with Crippen molar-refractivity contribution in [1.82, 2.24) is 5.16 Å². The minimum atomic E-state index is -4.31. The maximum absolute atomic E-state index is 12.4. The lowest BCUT2D eigenvalue weighted by Gasteiger charge is -2.06. The lowest BCUT2D eigenvalue weighted by atomic mass is 10.0. The molecule has 3 nitrogen and oxygen atoms in total.